The lowest BCUT2D eigenvalue weighted by Crippen LogP contribution is -2.26. The van der Waals surface area contributed by atoms with E-state index in [0.717, 1.165) is 17.1 Å². The average molecular weight is 250 g/mol. The Kier molecular flexibility index (Phi) is 4.61. The zero-order valence-corrected chi connectivity index (χ0v) is 10.7. The Morgan fingerprint density at radius 1 is 1.17 bits per heavy atom. The summed E-state index contributed by atoms with van der Waals surface area (Å²) < 4.78 is 21.3. The van der Waals surface area contributed by atoms with Crippen LogP contribution >= 0.6 is 0 Å². The first-order valence-electron chi connectivity index (χ1n) is 5.93. The van der Waals surface area contributed by atoms with Crippen molar-refractivity contribution in [3.05, 3.63) is 29.8 Å². The van der Waals surface area contributed by atoms with Crippen LogP contribution in [-0.2, 0) is 9.47 Å². The van der Waals surface area contributed by atoms with Crippen molar-refractivity contribution >= 4 is 6.08 Å². The van der Waals surface area contributed by atoms with Crippen LogP contribution in [0.1, 0.15) is 5.56 Å². The van der Waals surface area contributed by atoms with Crippen molar-refractivity contribution in [2.75, 3.05) is 34.0 Å². The lowest BCUT2D eigenvalue weighted by atomic mass is 10.1. The number of benzene rings is 1. The SMILES string of the molecule is COc1ccc(/C=C/C2COCCO2)cc1OC. The van der Waals surface area contributed by atoms with Crippen molar-refractivity contribution in [3.63, 3.8) is 0 Å². The summed E-state index contributed by atoms with van der Waals surface area (Å²) in [6.07, 6.45) is 4.04. The third kappa shape index (κ3) is 3.24. The fraction of sp³-hybridized carbons (Fsp3) is 0.429. The molecule has 1 atom stereocenters. The van der Waals surface area contributed by atoms with Gasteiger partial charge in [0, 0.05) is 0 Å². The second kappa shape index (κ2) is 6.42. The van der Waals surface area contributed by atoms with Crippen molar-refractivity contribution in [1.82, 2.24) is 0 Å². The molecule has 0 amide bonds. The molecule has 1 heterocycles. The quantitative estimate of drug-likeness (QED) is 0.820. The standard InChI is InChI=1S/C14H18O4/c1-15-13-6-4-11(9-14(13)16-2)3-5-12-10-17-7-8-18-12/h3-6,9,12H,7-8,10H2,1-2H3/b5-3+. The Morgan fingerprint density at radius 2 is 2.00 bits per heavy atom. The average Bonchev–Trinajstić information content (AvgIpc) is 2.45. The molecule has 0 spiro atoms. The van der Waals surface area contributed by atoms with E-state index in [9.17, 15) is 0 Å². The van der Waals surface area contributed by atoms with Crippen molar-refractivity contribution in [2.24, 2.45) is 0 Å². The number of rotatable bonds is 4. The van der Waals surface area contributed by atoms with Crippen LogP contribution in [0.5, 0.6) is 11.5 Å². The molecule has 0 N–H and O–H groups in total. The van der Waals surface area contributed by atoms with Gasteiger partial charge in [0.25, 0.3) is 0 Å². The second-order valence-electron chi connectivity index (χ2n) is 3.96. The van der Waals surface area contributed by atoms with E-state index in [1.807, 2.05) is 30.4 Å². The number of methoxy groups -OCH3 is 2. The number of hydrogen-bond donors (Lipinski definition) is 0. The topological polar surface area (TPSA) is 36.9 Å². The van der Waals surface area contributed by atoms with E-state index in [2.05, 4.69) is 0 Å². The van der Waals surface area contributed by atoms with Crippen LogP contribution in [-0.4, -0.2) is 40.1 Å². The Bertz CT molecular complexity index is 408. The molecule has 0 aromatic heterocycles. The van der Waals surface area contributed by atoms with Gasteiger partial charge in [0.1, 0.15) is 0 Å². The van der Waals surface area contributed by atoms with Gasteiger partial charge in [-0.15, -0.1) is 0 Å². The van der Waals surface area contributed by atoms with Crippen LogP contribution in [0, 0.1) is 0 Å². The Hall–Kier alpha value is -1.52. The third-order valence-corrected chi connectivity index (χ3v) is 2.75. The van der Waals surface area contributed by atoms with Crippen molar-refractivity contribution in [3.8, 4) is 11.5 Å². The van der Waals surface area contributed by atoms with Crippen LogP contribution in [0.3, 0.4) is 0 Å². The second-order valence-corrected chi connectivity index (χ2v) is 3.96. The van der Waals surface area contributed by atoms with Gasteiger partial charge in [-0.1, -0.05) is 18.2 Å². The van der Waals surface area contributed by atoms with Gasteiger partial charge in [0.2, 0.25) is 0 Å². The highest BCUT2D eigenvalue weighted by Gasteiger charge is 2.10. The molecule has 1 aliphatic rings. The molecular weight excluding hydrogens is 232 g/mol. The maximum absolute atomic E-state index is 5.53. The zero-order valence-electron chi connectivity index (χ0n) is 10.7. The molecule has 2 rings (SSSR count). The minimum absolute atomic E-state index is 0.0341. The molecule has 0 bridgehead atoms. The molecule has 1 aromatic carbocycles. The molecule has 4 heteroatoms. The Labute approximate surface area is 107 Å². The summed E-state index contributed by atoms with van der Waals surface area (Å²) in [6.45, 7) is 1.95. The monoisotopic (exact) mass is 250 g/mol. The molecule has 1 aliphatic heterocycles. The van der Waals surface area contributed by atoms with Crippen LogP contribution in [0.4, 0.5) is 0 Å². The minimum Gasteiger partial charge on any atom is -0.493 e. The summed E-state index contributed by atoms with van der Waals surface area (Å²) >= 11 is 0. The van der Waals surface area contributed by atoms with Gasteiger partial charge < -0.3 is 18.9 Å². The fourth-order valence-corrected chi connectivity index (χ4v) is 1.79. The van der Waals surface area contributed by atoms with E-state index in [-0.39, 0.29) is 6.10 Å². The predicted octanol–water partition coefficient (Wildman–Crippen LogP) is 2.13. The summed E-state index contributed by atoms with van der Waals surface area (Å²) in [5.74, 6) is 1.45. The minimum atomic E-state index is 0.0341. The van der Waals surface area contributed by atoms with E-state index in [0.29, 0.717) is 19.8 Å². The molecule has 4 nitrogen and oxygen atoms in total. The van der Waals surface area contributed by atoms with Crippen LogP contribution in [0.15, 0.2) is 24.3 Å². The highest BCUT2D eigenvalue weighted by molar-refractivity contribution is 5.56. The van der Waals surface area contributed by atoms with Crippen molar-refractivity contribution in [2.45, 2.75) is 6.10 Å². The van der Waals surface area contributed by atoms with Gasteiger partial charge in [-0.25, -0.2) is 0 Å². The molecular formula is C14H18O4. The largest absolute Gasteiger partial charge is 0.493 e. The first kappa shape index (κ1) is 12.9. The van der Waals surface area contributed by atoms with Crippen molar-refractivity contribution in [1.29, 1.82) is 0 Å². The predicted molar refractivity (Wildman–Crippen MR) is 69.1 cm³/mol. The normalized spacial score (nSPS) is 20.0. The Balaban J connectivity index is 2.06. The molecule has 0 saturated carbocycles. The molecule has 1 unspecified atom stereocenters. The number of ether oxygens (including phenoxy) is 4. The molecule has 18 heavy (non-hydrogen) atoms. The first-order chi connectivity index (χ1) is 8.83. The summed E-state index contributed by atoms with van der Waals surface area (Å²) in [6, 6.07) is 5.79. The third-order valence-electron chi connectivity index (χ3n) is 2.75. The van der Waals surface area contributed by atoms with Gasteiger partial charge in [0.15, 0.2) is 11.5 Å². The first-order valence-corrected chi connectivity index (χ1v) is 5.93. The molecule has 98 valence electrons. The van der Waals surface area contributed by atoms with Gasteiger partial charge in [-0.2, -0.15) is 0 Å². The summed E-state index contributed by atoms with van der Waals surface area (Å²) in [5, 5.41) is 0. The Morgan fingerprint density at radius 3 is 2.67 bits per heavy atom. The fourth-order valence-electron chi connectivity index (χ4n) is 1.79. The van der Waals surface area contributed by atoms with E-state index in [1.165, 1.54) is 0 Å². The lowest BCUT2D eigenvalue weighted by Gasteiger charge is -2.19. The summed E-state index contributed by atoms with van der Waals surface area (Å²) in [7, 11) is 3.25. The molecule has 0 aliphatic carbocycles. The van der Waals surface area contributed by atoms with Crippen LogP contribution in [0.25, 0.3) is 6.08 Å². The summed E-state index contributed by atoms with van der Waals surface area (Å²) in [4.78, 5) is 0. The molecule has 1 saturated heterocycles. The highest BCUT2D eigenvalue weighted by atomic mass is 16.6. The maximum atomic E-state index is 5.53. The van der Waals surface area contributed by atoms with Crippen molar-refractivity contribution < 1.29 is 18.9 Å². The van der Waals surface area contributed by atoms with E-state index in [4.69, 9.17) is 18.9 Å². The van der Waals surface area contributed by atoms with Gasteiger partial charge in [-0.05, 0) is 17.7 Å². The zero-order chi connectivity index (χ0) is 12.8. The van der Waals surface area contributed by atoms with Gasteiger partial charge in [-0.3, -0.25) is 0 Å². The van der Waals surface area contributed by atoms with E-state index in [1.54, 1.807) is 14.2 Å². The van der Waals surface area contributed by atoms with E-state index < -0.39 is 0 Å². The van der Waals surface area contributed by atoms with Gasteiger partial charge >= 0.3 is 0 Å². The van der Waals surface area contributed by atoms with Crippen LogP contribution in [0.2, 0.25) is 0 Å². The van der Waals surface area contributed by atoms with E-state index >= 15 is 0 Å². The maximum Gasteiger partial charge on any atom is 0.161 e. The van der Waals surface area contributed by atoms with Crippen LogP contribution < -0.4 is 9.47 Å². The smallest absolute Gasteiger partial charge is 0.161 e. The molecule has 1 aromatic rings. The van der Waals surface area contributed by atoms with Gasteiger partial charge in [0.05, 0.1) is 40.1 Å². The molecule has 1 fully saturated rings. The number of hydrogen-bond acceptors (Lipinski definition) is 4. The highest BCUT2D eigenvalue weighted by Crippen LogP contribution is 2.28. The lowest BCUT2D eigenvalue weighted by molar-refractivity contribution is -0.0672. The summed E-state index contributed by atoms with van der Waals surface area (Å²) in [5.41, 5.74) is 1.04. The molecule has 0 radical (unpaired) electrons.